The van der Waals surface area contributed by atoms with Crippen LogP contribution in [0.5, 0.6) is 0 Å². The van der Waals surface area contributed by atoms with Crippen LogP contribution in [0.4, 0.5) is 0 Å². The summed E-state index contributed by atoms with van der Waals surface area (Å²) in [4.78, 5) is 15.9. The van der Waals surface area contributed by atoms with Crippen molar-refractivity contribution in [3.05, 3.63) is 15.6 Å². The van der Waals surface area contributed by atoms with Gasteiger partial charge in [-0.05, 0) is 19.3 Å². The number of aromatic carboxylic acids is 1. The molecule has 1 aromatic heterocycles. The molecule has 0 unspecified atom stereocenters. The molecule has 0 atom stereocenters. The lowest BCUT2D eigenvalue weighted by Crippen LogP contribution is -2.03. The maximum atomic E-state index is 11.1. The lowest BCUT2D eigenvalue weighted by atomic mass is 10.1. The van der Waals surface area contributed by atoms with Crippen molar-refractivity contribution in [2.75, 3.05) is 13.2 Å². The van der Waals surface area contributed by atoms with E-state index in [0.717, 1.165) is 5.01 Å². The van der Waals surface area contributed by atoms with Crippen LogP contribution in [0.2, 0.25) is 0 Å². The molecule has 0 saturated heterocycles. The highest BCUT2D eigenvalue weighted by Gasteiger charge is 2.17. The molecule has 0 aliphatic heterocycles. The number of aromatic nitrogens is 1. The number of carboxylic acid groups (broad SMARTS) is 1. The van der Waals surface area contributed by atoms with E-state index in [1.807, 2.05) is 6.92 Å². The van der Waals surface area contributed by atoms with Crippen LogP contribution in [0, 0.1) is 5.92 Å². The Morgan fingerprint density at radius 3 is 2.76 bits per heavy atom. The molecule has 1 rings (SSSR count). The minimum Gasteiger partial charge on any atom is -0.477 e. The highest BCUT2D eigenvalue weighted by Crippen LogP contribution is 2.21. The highest BCUT2D eigenvalue weighted by molar-refractivity contribution is 7.13. The number of hydrogen-bond donors (Lipinski definition) is 1. The third-order valence-electron chi connectivity index (χ3n) is 2.20. The summed E-state index contributed by atoms with van der Waals surface area (Å²) in [6.45, 7) is 7.34. The SMILES string of the molecule is CCOCCc1nc(CC(C)C)c(C(=O)O)s1. The number of hydrogen-bond acceptors (Lipinski definition) is 4. The van der Waals surface area contributed by atoms with Crippen LogP contribution in [-0.2, 0) is 17.6 Å². The molecule has 4 nitrogen and oxygen atoms in total. The van der Waals surface area contributed by atoms with Crippen molar-refractivity contribution >= 4 is 17.3 Å². The Labute approximate surface area is 106 Å². The molecule has 0 aliphatic rings. The predicted octanol–water partition coefficient (Wildman–Crippen LogP) is 2.62. The molecule has 96 valence electrons. The van der Waals surface area contributed by atoms with Gasteiger partial charge in [0, 0.05) is 13.0 Å². The molecular formula is C12H19NO3S. The van der Waals surface area contributed by atoms with E-state index in [4.69, 9.17) is 9.84 Å². The molecule has 0 aliphatic carbocycles. The molecule has 1 aromatic rings. The third kappa shape index (κ3) is 4.44. The summed E-state index contributed by atoms with van der Waals surface area (Å²) in [6, 6.07) is 0. The van der Waals surface area contributed by atoms with Crippen LogP contribution in [0.3, 0.4) is 0 Å². The molecular weight excluding hydrogens is 238 g/mol. The summed E-state index contributed by atoms with van der Waals surface area (Å²) in [5, 5.41) is 9.96. The zero-order chi connectivity index (χ0) is 12.8. The molecule has 0 spiro atoms. The fraction of sp³-hybridized carbons (Fsp3) is 0.667. The Hall–Kier alpha value is -0.940. The van der Waals surface area contributed by atoms with E-state index in [1.165, 1.54) is 11.3 Å². The Balaban J connectivity index is 2.76. The summed E-state index contributed by atoms with van der Waals surface area (Å²) in [7, 11) is 0. The van der Waals surface area contributed by atoms with Crippen molar-refractivity contribution < 1.29 is 14.6 Å². The fourth-order valence-corrected chi connectivity index (χ4v) is 2.41. The molecule has 0 radical (unpaired) electrons. The van der Waals surface area contributed by atoms with E-state index in [0.29, 0.717) is 42.5 Å². The highest BCUT2D eigenvalue weighted by atomic mass is 32.1. The lowest BCUT2D eigenvalue weighted by Gasteiger charge is -2.01. The van der Waals surface area contributed by atoms with Crippen molar-refractivity contribution in [1.82, 2.24) is 4.98 Å². The predicted molar refractivity (Wildman–Crippen MR) is 67.8 cm³/mol. The van der Waals surface area contributed by atoms with Crippen LogP contribution in [0.15, 0.2) is 0 Å². The second-order valence-electron chi connectivity index (χ2n) is 4.23. The molecule has 5 heteroatoms. The maximum absolute atomic E-state index is 11.1. The van der Waals surface area contributed by atoms with Gasteiger partial charge in [-0.1, -0.05) is 13.8 Å². The first kappa shape index (κ1) is 14.1. The van der Waals surface area contributed by atoms with Gasteiger partial charge in [0.2, 0.25) is 0 Å². The Morgan fingerprint density at radius 2 is 2.24 bits per heavy atom. The zero-order valence-corrected chi connectivity index (χ0v) is 11.3. The fourth-order valence-electron chi connectivity index (χ4n) is 1.50. The topological polar surface area (TPSA) is 59.4 Å². The van der Waals surface area contributed by atoms with Gasteiger partial charge in [0.1, 0.15) is 4.88 Å². The molecule has 0 fully saturated rings. The average molecular weight is 257 g/mol. The first-order chi connectivity index (χ1) is 8.04. The van der Waals surface area contributed by atoms with Gasteiger partial charge in [-0.25, -0.2) is 9.78 Å². The van der Waals surface area contributed by atoms with Crippen LogP contribution in [0.25, 0.3) is 0 Å². The monoisotopic (exact) mass is 257 g/mol. The van der Waals surface area contributed by atoms with Crippen molar-refractivity contribution in [2.45, 2.75) is 33.6 Å². The summed E-state index contributed by atoms with van der Waals surface area (Å²) in [5.41, 5.74) is 0.712. The average Bonchev–Trinajstić information content (AvgIpc) is 2.60. The van der Waals surface area contributed by atoms with E-state index >= 15 is 0 Å². The van der Waals surface area contributed by atoms with Crippen LogP contribution < -0.4 is 0 Å². The molecule has 0 bridgehead atoms. The van der Waals surface area contributed by atoms with Gasteiger partial charge in [0.15, 0.2) is 0 Å². The van der Waals surface area contributed by atoms with E-state index in [-0.39, 0.29) is 0 Å². The summed E-state index contributed by atoms with van der Waals surface area (Å²) >= 11 is 1.27. The Morgan fingerprint density at radius 1 is 1.53 bits per heavy atom. The normalized spacial score (nSPS) is 11.1. The third-order valence-corrected chi connectivity index (χ3v) is 3.35. The van der Waals surface area contributed by atoms with Gasteiger partial charge in [-0.3, -0.25) is 0 Å². The summed E-state index contributed by atoms with van der Waals surface area (Å²) in [6.07, 6.45) is 1.41. The molecule has 1 N–H and O–H groups in total. The van der Waals surface area contributed by atoms with Crippen molar-refractivity contribution in [1.29, 1.82) is 0 Å². The van der Waals surface area contributed by atoms with Gasteiger partial charge in [-0.2, -0.15) is 0 Å². The maximum Gasteiger partial charge on any atom is 0.347 e. The van der Waals surface area contributed by atoms with Gasteiger partial charge in [0.25, 0.3) is 0 Å². The number of nitrogens with zero attached hydrogens (tertiary/aromatic N) is 1. The number of carboxylic acids is 1. The summed E-state index contributed by atoms with van der Waals surface area (Å²) < 4.78 is 5.25. The smallest absolute Gasteiger partial charge is 0.347 e. The Kier molecular flexibility index (Phi) is 5.58. The van der Waals surface area contributed by atoms with Crippen LogP contribution in [-0.4, -0.2) is 29.3 Å². The van der Waals surface area contributed by atoms with Crippen molar-refractivity contribution in [2.24, 2.45) is 5.92 Å². The second-order valence-corrected chi connectivity index (χ2v) is 5.32. The molecule has 0 saturated carbocycles. The van der Waals surface area contributed by atoms with Crippen LogP contribution in [0.1, 0.15) is 41.1 Å². The zero-order valence-electron chi connectivity index (χ0n) is 10.5. The van der Waals surface area contributed by atoms with Crippen LogP contribution >= 0.6 is 11.3 Å². The first-order valence-corrected chi connectivity index (χ1v) is 6.65. The second kappa shape index (κ2) is 6.71. The largest absolute Gasteiger partial charge is 0.477 e. The van der Waals surface area contributed by atoms with E-state index in [2.05, 4.69) is 18.8 Å². The van der Waals surface area contributed by atoms with Gasteiger partial charge < -0.3 is 9.84 Å². The van der Waals surface area contributed by atoms with E-state index < -0.39 is 5.97 Å². The number of ether oxygens (including phenoxy) is 1. The lowest BCUT2D eigenvalue weighted by molar-refractivity contribution is 0.0700. The van der Waals surface area contributed by atoms with Gasteiger partial charge in [-0.15, -0.1) is 11.3 Å². The molecule has 17 heavy (non-hydrogen) atoms. The minimum absolute atomic E-state index is 0.380. The molecule has 0 aromatic carbocycles. The van der Waals surface area contributed by atoms with Gasteiger partial charge >= 0.3 is 5.97 Å². The number of rotatable bonds is 7. The molecule has 0 amide bonds. The Bertz CT molecular complexity index is 374. The minimum atomic E-state index is -0.874. The van der Waals surface area contributed by atoms with Crippen molar-refractivity contribution in [3.63, 3.8) is 0 Å². The number of thiazole rings is 1. The van der Waals surface area contributed by atoms with Crippen molar-refractivity contribution in [3.8, 4) is 0 Å². The number of carbonyl (C=O) groups is 1. The first-order valence-electron chi connectivity index (χ1n) is 5.84. The quantitative estimate of drug-likeness (QED) is 0.763. The summed E-state index contributed by atoms with van der Waals surface area (Å²) in [5.74, 6) is -0.462. The van der Waals surface area contributed by atoms with E-state index in [1.54, 1.807) is 0 Å². The standard InChI is InChI=1S/C12H19NO3S/c1-4-16-6-5-10-13-9(7-8(2)3)11(17-10)12(14)15/h8H,4-7H2,1-3H3,(H,14,15). The molecule has 1 heterocycles. The van der Waals surface area contributed by atoms with Gasteiger partial charge in [0.05, 0.1) is 17.3 Å². The van der Waals surface area contributed by atoms with E-state index in [9.17, 15) is 4.79 Å².